The Morgan fingerprint density at radius 3 is 2.79 bits per heavy atom. The summed E-state index contributed by atoms with van der Waals surface area (Å²) >= 11 is 1.36. The third-order valence-electron chi connectivity index (χ3n) is 2.55. The molecule has 0 atom stereocenters. The van der Waals surface area contributed by atoms with E-state index < -0.39 is 15.8 Å². The second-order valence-corrected chi connectivity index (χ2v) is 6.58. The average Bonchev–Trinajstić information content (AvgIpc) is 2.76. The first-order valence-corrected chi connectivity index (χ1v) is 7.70. The molecule has 0 radical (unpaired) electrons. The topological polar surface area (TPSA) is 85.1 Å². The zero-order chi connectivity index (χ0) is 14.0. The summed E-state index contributed by atoms with van der Waals surface area (Å²) < 4.78 is 39.6. The van der Waals surface area contributed by atoms with Crippen molar-refractivity contribution in [3.63, 3.8) is 0 Å². The summed E-state index contributed by atoms with van der Waals surface area (Å²) in [5, 5.41) is 0. The van der Waals surface area contributed by atoms with E-state index in [2.05, 4.69) is 9.71 Å². The molecule has 8 heteroatoms. The number of anilines is 1. The molecule has 0 saturated heterocycles. The molecule has 1 heterocycles. The minimum atomic E-state index is -3.76. The first-order valence-electron chi connectivity index (χ1n) is 5.34. The molecule has 2 rings (SSSR count). The van der Waals surface area contributed by atoms with Crippen LogP contribution in [0.3, 0.4) is 0 Å². The van der Waals surface area contributed by atoms with Gasteiger partial charge in [-0.1, -0.05) is 0 Å². The number of nitrogen functional groups attached to an aromatic ring is 1. The average molecular weight is 301 g/mol. The van der Waals surface area contributed by atoms with Gasteiger partial charge in [0.1, 0.15) is 5.82 Å². The Morgan fingerprint density at radius 1 is 1.47 bits per heavy atom. The maximum absolute atomic E-state index is 13.3. The van der Waals surface area contributed by atoms with Crippen LogP contribution in [-0.4, -0.2) is 13.4 Å². The fourth-order valence-corrected chi connectivity index (χ4v) is 3.23. The van der Waals surface area contributed by atoms with E-state index in [9.17, 15) is 12.8 Å². The predicted octanol–water partition coefficient (Wildman–Crippen LogP) is 1.65. The van der Waals surface area contributed by atoms with Gasteiger partial charge >= 0.3 is 0 Å². The smallest absolute Gasteiger partial charge is 0.241 e. The zero-order valence-electron chi connectivity index (χ0n) is 10.1. The summed E-state index contributed by atoms with van der Waals surface area (Å²) in [6.07, 6.45) is 0. The zero-order valence-corrected chi connectivity index (χ0v) is 11.7. The lowest BCUT2D eigenvalue weighted by Gasteiger charge is -2.07. The number of aryl methyl sites for hydroxylation is 1. The van der Waals surface area contributed by atoms with Crippen molar-refractivity contribution in [1.82, 2.24) is 9.71 Å². The van der Waals surface area contributed by atoms with Gasteiger partial charge in [0.2, 0.25) is 10.0 Å². The number of thiazole rings is 1. The van der Waals surface area contributed by atoms with Crippen molar-refractivity contribution >= 4 is 27.0 Å². The summed E-state index contributed by atoms with van der Waals surface area (Å²) in [5.74, 6) is -0.753. The van der Waals surface area contributed by atoms with Crippen LogP contribution in [0.5, 0.6) is 0 Å². The SMILES string of the molecule is Cc1ncsc1CNS(=O)(=O)c1ccc(N)c(F)c1. The van der Waals surface area contributed by atoms with Gasteiger partial charge < -0.3 is 5.73 Å². The fraction of sp³-hybridized carbons (Fsp3) is 0.182. The summed E-state index contributed by atoms with van der Waals surface area (Å²) in [6.45, 7) is 1.92. The maximum atomic E-state index is 13.3. The number of rotatable bonds is 4. The summed E-state index contributed by atoms with van der Waals surface area (Å²) in [4.78, 5) is 4.69. The Bertz CT molecular complexity index is 698. The number of benzene rings is 1. The lowest BCUT2D eigenvalue weighted by molar-refractivity contribution is 0.578. The van der Waals surface area contributed by atoms with E-state index in [4.69, 9.17) is 5.73 Å². The van der Waals surface area contributed by atoms with Crippen LogP contribution in [0.2, 0.25) is 0 Å². The third-order valence-corrected chi connectivity index (χ3v) is 4.88. The van der Waals surface area contributed by atoms with E-state index in [1.54, 1.807) is 12.4 Å². The largest absolute Gasteiger partial charge is 0.396 e. The molecule has 19 heavy (non-hydrogen) atoms. The first kappa shape index (κ1) is 13.9. The van der Waals surface area contributed by atoms with Crippen molar-refractivity contribution in [2.24, 2.45) is 0 Å². The van der Waals surface area contributed by atoms with E-state index in [1.807, 2.05) is 0 Å². The molecule has 0 bridgehead atoms. The molecular weight excluding hydrogens is 289 g/mol. The Kier molecular flexibility index (Phi) is 3.83. The van der Waals surface area contributed by atoms with Gasteiger partial charge in [-0.2, -0.15) is 0 Å². The Labute approximate surface area is 114 Å². The van der Waals surface area contributed by atoms with Crippen LogP contribution >= 0.6 is 11.3 Å². The molecule has 0 aliphatic rings. The highest BCUT2D eigenvalue weighted by Gasteiger charge is 2.16. The van der Waals surface area contributed by atoms with Gasteiger partial charge in [-0.15, -0.1) is 11.3 Å². The van der Waals surface area contributed by atoms with Crippen LogP contribution < -0.4 is 10.5 Å². The van der Waals surface area contributed by atoms with Gasteiger partial charge in [0.15, 0.2) is 0 Å². The molecule has 1 aromatic heterocycles. The Balaban J connectivity index is 2.18. The number of hydrogen-bond acceptors (Lipinski definition) is 5. The molecule has 0 unspecified atom stereocenters. The minimum Gasteiger partial charge on any atom is -0.396 e. The van der Waals surface area contributed by atoms with Crippen LogP contribution in [0.15, 0.2) is 28.6 Å². The minimum absolute atomic E-state index is 0.0859. The monoisotopic (exact) mass is 301 g/mol. The Morgan fingerprint density at radius 2 is 2.21 bits per heavy atom. The molecule has 3 N–H and O–H groups in total. The highest BCUT2D eigenvalue weighted by atomic mass is 32.2. The number of nitrogens with two attached hydrogens (primary N) is 1. The normalized spacial score (nSPS) is 11.7. The van der Waals surface area contributed by atoms with Crippen LogP contribution in [-0.2, 0) is 16.6 Å². The molecule has 0 aliphatic carbocycles. The van der Waals surface area contributed by atoms with E-state index in [0.29, 0.717) is 0 Å². The highest BCUT2D eigenvalue weighted by Crippen LogP contribution is 2.17. The predicted molar refractivity (Wildman–Crippen MR) is 71.7 cm³/mol. The van der Waals surface area contributed by atoms with Crippen LogP contribution in [0.25, 0.3) is 0 Å². The number of sulfonamides is 1. The van der Waals surface area contributed by atoms with E-state index in [-0.39, 0.29) is 17.1 Å². The van der Waals surface area contributed by atoms with Gasteiger partial charge in [0.05, 0.1) is 21.8 Å². The fourth-order valence-electron chi connectivity index (χ4n) is 1.41. The van der Waals surface area contributed by atoms with Crippen molar-refractivity contribution in [1.29, 1.82) is 0 Å². The number of nitrogens with one attached hydrogen (secondary N) is 1. The van der Waals surface area contributed by atoms with Gasteiger partial charge in [-0.3, -0.25) is 0 Å². The lowest BCUT2D eigenvalue weighted by Crippen LogP contribution is -2.23. The van der Waals surface area contributed by atoms with Crippen molar-refractivity contribution in [2.75, 3.05) is 5.73 Å². The van der Waals surface area contributed by atoms with E-state index in [1.165, 1.54) is 23.5 Å². The summed E-state index contributed by atoms with van der Waals surface area (Å²) in [7, 11) is -3.76. The molecule has 0 fully saturated rings. The number of nitrogens with zero attached hydrogens (tertiary/aromatic N) is 1. The first-order chi connectivity index (χ1) is 8.90. The van der Waals surface area contributed by atoms with Crippen molar-refractivity contribution in [2.45, 2.75) is 18.4 Å². The van der Waals surface area contributed by atoms with Gasteiger partial charge in [-0.25, -0.2) is 22.5 Å². The second-order valence-electron chi connectivity index (χ2n) is 3.87. The quantitative estimate of drug-likeness (QED) is 0.841. The highest BCUT2D eigenvalue weighted by molar-refractivity contribution is 7.89. The molecule has 1 aromatic carbocycles. The van der Waals surface area contributed by atoms with E-state index >= 15 is 0 Å². The van der Waals surface area contributed by atoms with Crippen LogP contribution in [0.4, 0.5) is 10.1 Å². The Hall–Kier alpha value is -1.51. The molecule has 102 valence electrons. The maximum Gasteiger partial charge on any atom is 0.241 e. The van der Waals surface area contributed by atoms with E-state index in [0.717, 1.165) is 16.6 Å². The van der Waals surface area contributed by atoms with Gasteiger partial charge in [0.25, 0.3) is 0 Å². The molecule has 0 amide bonds. The standard InChI is InChI=1S/C11H12FN3O2S2/c1-7-11(18-6-14-7)5-15-19(16,17)8-2-3-10(13)9(12)4-8/h2-4,6,15H,5,13H2,1H3. The number of halogens is 1. The van der Waals surface area contributed by atoms with Crippen LogP contribution in [0.1, 0.15) is 10.6 Å². The number of hydrogen-bond donors (Lipinski definition) is 2. The van der Waals surface area contributed by atoms with Crippen molar-refractivity contribution in [3.8, 4) is 0 Å². The molecule has 0 saturated carbocycles. The number of aromatic nitrogens is 1. The van der Waals surface area contributed by atoms with Crippen molar-refractivity contribution in [3.05, 3.63) is 40.1 Å². The summed E-state index contributed by atoms with van der Waals surface area (Å²) in [6, 6.07) is 3.39. The van der Waals surface area contributed by atoms with Crippen LogP contribution in [0, 0.1) is 12.7 Å². The summed E-state index contributed by atoms with van der Waals surface area (Å²) in [5.41, 5.74) is 7.64. The molecule has 0 spiro atoms. The van der Waals surface area contributed by atoms with Crippen molar-refractivity contribution < 1.29 is 12.8 Å². The molecule has 0 aliphatic heterocycles. The second kappa shape index (κ2) is 5.24. The molecule has 2 aromatic rings. The lowest BCUT2D eigenvalue weighted by atomic mass is 10.3. The van der Waals surface area contributed by atoms with Gasteiger partial charge in [0, 0.05) is 11.4 Å². The molecular formula is C11H12FN3O2S2. The van der Waals surface area contributed by atoms with Gasteiger partial charge in [-0.05, 0) is 25.1 Å². The third kappa shape index (κ3) is 3.09. The molecule has 5 nitrogen and oxygen atoms in total.